The van der Waals surface area contributed by atoms with Crippen molar-refractivity contribution in [3.63, 3.8) is 0 Å². The van der Waals surface area contributed by atoms with Gasteiger partial charge in [0.15, 0.2) is 0 Å². The first-order valence-corrected chi connectivity index (χ1v) is 9.52. The number of rotatable bonds is 6. The van der Waals surface area contributed by atoms with Crippen molar-refractivity contribution >= 4 is 5.97 Å². The molecule has 0 bridgehead atoms. The number of carbonyl (C=O) groups is 1. The second kappa shape index (κ2) is 7.43. The number of carbonyl (C=O) groups excluding carboxylic acids is 1. The molecule has 0 radical (unpaired) electrons. The van der Waals surface area contributed by atoms with Crippen LogP contribution in [0.5, 0.6) is 5.75 Å². The second-order valence-electron chi connectivity index (χ2n) is 8.14. The molecule has 0 amide bonds. The maximum atomic E-state index is 12.8. The Bertz CT molecular complexity index is 708. The Labute approximate surface area is 156 Å². The van der Waals surface area contributed by atoms with Gasteiger partial charge in [-0.2, -0.15) is 0 Å². The Kier molecular flexibility index (Phi) is 5.42. The van der Waals surface area contributed by atoms with E-state index in [2.05, 4.69) is 13.5 Å². The van der Waals surface area contributed by atoms with Gasteiger partial charge in [0, 0.05) is 0 Å². The van der Waals surface area contributed by atoms with Crippen LogP contribution >= 0.6 is 0 Å². The van der Waals surface area contributed by atoms with Crippen LogP contribution in [0.15, 0.2) is 24.3 Å². The summed E-state index contributed by atoms with van der Waals surface area (Å²) in [4.78, 5) is 12.8. The molecule has 0 spiro atoms. The van der Waals surface area contributed by atoms with Gasteiger partial charge in [-0.1, -0.05) is 19.9 Å². The standard InChI is InChI=1S/C22H30O4/c1-12(2)19(23)11-26-22(24)20-14(4)9-15(25-5)10-18(20)21-16-7-6-13(3)8-17(16)21/h9-10,13,16-17,19,21,23H,1,6-8,11H2,2-5H3. The van der Waals surface area contributed by atoms with Crippen molar-refractivity contribution in [3.8, 4) is 5.75 Å². The topological polar surface area (TPSA) is 55.8 Å². The van der Waals surface area contributed by atoms with Gasteiger partial charge in [0.2, 0.25) is 0 Å². The van der Waals surface area contributed by atoms with Crippen molar-refractivity contribution in [1.29, 1.82) is 0 Å². The third-order valence-corrected chi connectivity index (χ3v) is 6.08. The molecule has 2 fully saturated rings. The summed E-state index contributed by atoms with van der Waals surface area (Å²) in [5.41, 5.74) is 3.16. The molecule has 0 aliphatic heterocycles. The normalized spacial score (nSPS) is 28.0. The quantitative estimate of drug-likeness (QED) is 0.610. The Balaban J connectivity index is 1.87. The van der Waals surface area contributed by atoms with Gasteiger partial charge < -0.3 is 14.6 Å². The van der Waals surface area contributed by atoms with Crippen molar-refractivity contribution in [3.05, 3.63) is 41.0 Å². The zero-order valence-corrected chi connectivity index (χ0v) is 16.2. The lowest BCUT2D eigenvalue weighted by molar-refractivity contribution is 0.0326. The number of fused-ring (bicyclic) bond motifs is 1. The molecule has 0 aromatic heterocycles. The fraction of sp³-hybridized carbons (Fsp3) is 0.591. The molecule has 5 atom stereocenters. The number of aryl methyl sites for hydroxylation is 1. The van der Waals surface area contributed by atoms with E-state index in [-0.39, 0.29) is 12.6 Å². The van der Waals surface area contributed by atoms with Crippen LogP contribution in [0.25, 0.3) is 0 Å². The van der Waals surface area contributed by atoms with E-state index in [1.807, 2.05) is 19.1 Å². The van der Waals surface area contributed by atoms with Gasteiger partial charge in [-0.15, -0.1) is 0 Å². The molecule has 26 heavy (non-hydrogen) atoms. The summed E-state index contributed by atoms with van der Waals surface area (Å²) < 4.78 is 10.9. The Morgan fingerprint density at radius 1 is 1.35 bits per heavy atom. The molecular weight excluding hydrogens is 328 g/mol. The molecule has 4 nitrogen and oxygen atoms in total. The monoisotopic (exact) mass is 358 g/mol. The van der Waals surface area contributed by atoms with Crippen LogP contribution < -0.4 is 4.74 Å². The fourth-order valence-corrected chi connectivity index (χ4v) is 4.49. The summed E-state index contributed by atoms with van der Waals surface area (Å²) in [6.07, 6.45) is 2.90. The molecular formula is C22H30O4. The number of hydrogen-bond acceptors (Lipinski definition) is 4. The first-order chi connectivity index (χ1) is 12.3. The highest BCUT2D eigenvalue weighted by Crippen LogP contribution is 2.63. The molecule has 2 saturated carbocycles. The zero-order valence-electron chi connectivity index (χ0n) is 16.2. The SMILES string of the molecule is C=C(C)C(O)COC(=O)c1c(C)cc(OC)cc1C1C2CCC(C)CC21. The molecule has 2 aliphatic carbocycles. The molecule has 5 unspecified atom stereocenters. The summed E-state index contributed by atoms with van der Waals surface area (Å²) in [5, 5.41) is 9.87. The van der Waals surface area contributed by atoms with E-state index in [0.717, 1.165) is 22.8 Å². The van der Waals surface area contributed by atoms with Gasteiger partial charge in [-0.05, 0) is 79.2 Å². The minimum Gasteiger partial charge on any atom is -0.497 e. The van der Waals surface area contributed by atoms with Crippen molar-refractivity contribution in [2.24, 2.45) is 17.8 Å². The summed E-state index contributed by atoms with van der Waals surface area (Å²) in [5.74, 6) is 2.93. The van der Waals surface area contributed by atoms with Crippen LogP contribution in [-0.4, -0.2) is 30.9 Å². The Morgan fingerprint density at radius 2 is 2.08 bits per heavy atom. The Hall–Kier alpha value is -1.81. The van der Waals surface area contributed by atoms with Crippen molar-refractivity contribution in [2.45, 2.75) is 52.1 Å². The van der Waals surface area contributed by atoms with Crippen molar-refractivity contribution < 1.29 is 19.4 Å². The fourth-order valence-electron chi connectivity index (χ4n) is 4.49. The summed E-state index contributed by atoms with van der Waals surface area (Å²) in [7, 11) is 1.65. The van der Waals surface area contributed by atoms with Gasteiger partial charge in [-0.25, -0.2) is 4.79 Å². The number of methoxy groups -OCH3 is 1. The van der Waals surface area contributed by atoms with Crippen LogP contribution in [0.1, 0.15) is 60.5 Å². The average Bonchev–Trinajstić information content (AvgIpc) is 3.31. The number of aliphatic hydroxyl groups excluding tert-OH is 1. The van der Waals surface area contributed by atoms with Crippen molar-refractivity contribution in [1.82, 2.24) is 0 Å². The third-order valence-electron chi connectivity index (χ3n) is 6.08. The van der Waals surface area contributed by atoms with E-state index in [0.29, 0.717) is 28.9 Å². The van der Waals surface area contributed by atoms with Crippen LogP contribution in [-0.2, 0) is 4.74 Å². The van der Waals surface area contributed by atoms with E-state index < -0.39 is 6.10 Å². The third kappa shape index (κ3) is 3.66. The first-order valence-electron chi connectivity index (χ1n) is 9.52. The first kappa shape index (κ1) is 19.0. The molecule has 1 aromatic carbocycles. The van der Waals surface area contributed by atoms with E-state index >= 15 is 0 Å². The molecule has 2 aliphatic rings. The van der Waals surface area contributed by atoms with E-state index in [1.54, 1.807) is 14.0 Å². The number of benzene rings is 1. The lowest BCUT2D eigenvalue weighted by Crippen LogP contribution is -2.20. The molecule has 0 heterocycles. The average molecular weight is 358 g/mol. The van der Waals surface area contributed by atoms with E-state index in [1.165, 1.54) is 19.3 Å². The maximum absolute atomic E-state index is 12.8. The molecule has 142 valence electrons. The minimum atomic E-state index is -0.828. The molecule has 4 heteroatoms. The van der Waals surface area contributed by atoms with E-state index in [4.69, 9.17) is 9.47 Å². The maximum Gasteiger partial charge on any atom is 0.338 e. The summed E-state index contributed by atoms with van der Waals surface area (Å²) >= 11 is 0. The lowest BCUT2D eigenvalue weighted by atomic mass is 9.91. The van der Waals surface area contributed by atoms with Crippen LogP contribution in [0.3, 0.4) is 0 Å². The smallest absolute Gasteiger partial charge is 0.338 e. The van der Waals surface area contributed by atoms with E-state index in [9.17, 15) is 9.90 Å². The highest BCUT2D eigenvalue weighted by molar-refractivity contribution is 5.93. The van der Waals surface area contributed by atoms with Crippen LogP contribution in [0.2, 0.25) is 0 Å². The van der Waals surface area contributed by atoms with Crippen LogP contribution in [0, 0.1) is 24.7 Å². The zero-order chi connectivity index (χ0) is 19.0. The number of hydrogen-bond donors (Lipinski definition) is 1. The minimum absolute atomic E-state index is 0.0619. The predicted octanol–water partition coefficient (Wildman–Crippen LogP) is 4.25. The van der Waals surface area contributed by atoms with Gasteiger partial charge in [0.25, 0.3) is 0 Å². The predicted molar refractivity (Wildman–Crippen MR) is 102 cm³/mol. The summed E-state index contributed by atoms with van der Waals surface area (Å²) in [6, 6.07) is 3.89. The highest BCUT2D eigenvalue weighted by atomic mass is 16.5. The molecule has 0 saturated heterocycles. The molecule has 1 aromatic rings. The lowest BCUT2D eigenvalue weighted by Gasteiger charge is -2.16. The van der Waals surface area contributed by atoms with Gasteiger partial charge in [-0.3, -0.25) is 0 Å². The number of esters is 1. The second-order valence-corrected chi connectivity index (χ2v) is 8.14. The van der Waals surface area contributed by atoms with Gasteiger partial charge in [0.05, 0.1) is 12.7 Å². The Morgan fingerprint density at radius 3 is 2.69 bits per heavy atom. The number of aliphatic hydroxyl groups is 1. The van der Waals surface area contributed by atoms with Gasteiger partial charge >= 0.3 is 5.97 Å². The van der Waals surface area contributed by atoms with Crippen LogP contribution in [0.4, 0.5) is 0 Å². The molecule has 1 N–H and O–H groups in total. The summed E-state index contributed by atoms with van der Waals surface area (Å²) in [6.45, 7) is 9.60. The largest absolute Gasteiger partial charge is 0.497 e. The molecule has 3 rings (SSSR count). The number of ether oxygens (including phenoxy) is 2. The van der Waals surface area contributed by atoms with Crippen molar-refractivity contribution in [2.75, 3.05) is 13.7 Å². The van der Waals surface area contributed by atoms with Gasteiger partial charge in [0.1, 0.15) is 18.5 Å². The highest BCUT2D eigenvalue weighted by Gasteiger charge is 2.53.